The van der Waals surface area contributed by atoms with Gasteiger partial charge in [-0.2, -0.15) is 0 Å². The SMILES string of the molecule is Cc1cccc(C)c1NC(=O)CCN1C(=O)c2cccc(F)c2C1=O. The molecular formula is C19H17FN2O3. The summed E-state index contributed by atoms with van der Waals surface area (Å²) in [6.07, 6.45) is -0.0547. The minimum absolute atomic E-state index is 0.0418. The Morgan fingerprint density at radius 3 is 2.32 bits per heavy atom. The smallest absolute Gasteiger partial charge is 0.264 e. The maximum absolute atomic E-state index is 13.8. The van der Waals surface area contributed by atoms with Crippen LogP contribution >= 0.6 is 0 Å². The number of hydrogen-bond donors (Lipinski definition) is 1. The Kier molecular flexibility index (Phi) is 4.35. The molecule has 1 N–H and O–H groups in total. The lowest BCUT2D eigenvalue weighted by atomic mass is 10.1. The molecule has 2 aromatic carbocycles. The summed E-state index contributed by atoms with van der Waals surface area (Å²) in [5.74, 6) is -2.30. The van der Waals surface area contributed by atoms with Gasteiger partial charge >= 0.3 is 0 Å². The number of carbonyl (C=O) groups is 3. The zero-order chi connectivity index (χ0) is 18.1. The number of nitrogens with one attached hydrogen (secondary N) is 1. The first-order valence-corrected chi connectivity index (χ1v) is 7.91. The normalized spacial score (nSPS) is 13.2. The van der Waals surface area contributed by atoms with Gasteiger partial charge in [0.25, 0.3) is 11.8 Å². The Hall–Kier alpha value is -3.02. The van der Waals surface area contributed by atoms with Crippen molar-refractivity contribution in [1.29, 1.82) is 0 Å². The minimum atomic E-state index is -0.724. The fourth-order valence-electron chi connectivity index (χ4n) is 2.92. The highest BCUT2D eigenvalue weighted by atomic mass is 19.1. The van der Waals surface area contributed by atoms with Gasteiger partial charge in [0, 0.05) is 18.7 Å². The molecule has 5 nitrogen and oxygen atoms in total. The molecule has 3 rings (SSSR count). The van der Waals surface area contributed by atoms with Crippen LogP contribution in [0.5, 0.6) is 0 Å². The first-order chi connectivity index (χ1) is 11.9. The van der Waals surface area contributed by atoms with Gasteiger partial charge in [-0.15, -0.1) is 0 Å². The topological polar surface area (TPSA) is 66.5 Å². The van der Waals surface area contributed by atoms with E-state index in [1.807, 2.05) is 32.0 Å². The van der Waals surface area contributed by atoms with Crippen molar-refractivity contribution in [2.45, 2.75) is 20.3 Å². The average molecular weight is 340 g/mol. The number of nitrogens with zero attached hydrogens (tertiary/aromatic N) is 1. The molecule has 0 radical (unpaired) electrons. The molecule has 0 atom stereocenters. The lowest BCUT2D eigenvalue weighted by Crippen LogP contribution is -2.33. The summed E-state index contributed by atoms with van der Waals surface area (Å²) in [7, 11) is 0. The highest BCUT2D eigenvalue weighted by Gasteiger charge is 2.37. The van der Waals surface area contributed by atoms with E-state index in [9.17, 15) is 18.8 Å². The van der Waals surface area contributed by atoms with Crippen molar-refractivity contribution >= 4 is 23.4 Å². The second-order valence-electron chi connectivity index (χ2n) is 5.99. The third kappa shape index (κ3) is 3.03. The van der Waals surface area contributed by atoms with Crippen molar-refractivity contribution in [3.63, 3.8) is 0 Å². The molecule has 0 aliphatic carbocycles. The number of anilines is 1. The van der Waals surface area contributed by atoms with Crippen LogP contribution in [0.25, 0.3) is 0 Å². The number of benzene rings is 2. The second-order valence-corrected chi connectivity index (χ2v) is 5.99. The lowest BCUT2D eigenvalue weighted by molar-refractivity contribution is -0.116. The first-order valence-electron chi connectivity index (χ1n) is 7.91. The number of carbonyl (C=O) groups excluding carboxylic acids is 3. The van der Waals surface area contributed by atoms with Gasteiger partial charge in [-0.25, -0.2) is 4.39 Å². The zero-order valence-electron chi connectivity index (χ0n) is 13.9. The first kappa shape index (κ1) is 16.8. The quantitative estimate of drug-likeness (QED) is 0.870. The van der Waals surface area contributed by atoms with Crippen LogP contribution < -0.4 is 5.32 Å². The number of hydrogen-bond acceptors (Lipinski definition) is 3. The van der Waals surface area contributed by atoms with Gasteiger partial charge < -0.3 is 5.32 Å². The van der Waals surface area contributed by atoms with E-state index in [1.54, 1.807) is 0 Å². The summed E-state index contributed by atoms with van der Waals surface area (Å²) >= 11 is 0. The van der Waals surface area contributed by atoms with Crippen LogP contribution in [0.3, 0.4) is 0 Å². The molecule has 0 aromatic heterocycles. The summed E-state index contributed by atoms with van der Waals surface area (Å²) in [5.41, 5.74) is 2.40. The van der Waals surface area contributed by atoms with E-state index >= 15 is 0 Å². The fourth-order valence-corrected chi connectivity index (χ4v) is 2.92. The third-order valence-electron chi connectivity index (χ3n) is 4.26. The van der Waals surface area contributed by atoms with E-state index in [-0.39, 0.29) is 30.0 Å². The van der Waals surface area contributed by atoms with E-state index in [0.29, 0.717) is 0 Å². The molecule has 1 aliphatic rings. The summed E-state index contributed by atoms with van der Waals surface area (Å²) in [6, 6.07) is 9.60. The van der Waals surface area contributed by atoms with Crippen LogP contribution in [0.1, 0.15) is 38.3 Å². The highest BCUT2D eigenvalue weighted by Crippen LogP contribution is 2.25. The summed E-state index contributed by atoms with van der Waals surface area (Å²) in [4.78, 5) is 37.6. The monoisotopic (exact) mass is 340 g/mol. The maximum atomic E-state index is 13.8. The largest absolute Gasteiger partial charge is 0.326 e. The molecule has 6 heteroatoms. The van der Waals surface area contributed by atoms with E-state index in [1.165, 1.54) is 12.1 Å². The van der Waals surface area contributed by atoms with Crippen LogP contribution in [0.2, 0.25) is 0 Å². The van der Waals surface area contributed by atoms with Crippen molar-refractivity contribution in [1.82, 2.24) is 4.90 Å². The molecule has 0 fully saturated rings. The molecule has 2 aromatic rings. The van der Waals surface area contributed by atoms with Crippen molar-refractivity contribution in [2.75, 3.05) is 11.9 Å². The Morgan fingerprint density at radius 2 is 1.68 bits per heavy atom. The van der Waals surface area contributed by atoms with Gasteiger partial charge in [0.1, 0.15) is 5.82 Å². The van der Waals surface area contributed by atoms with E-state index in [0.717, 1.165) is 27.8 Å². The van der Waals surface area contributed by atoms with Crippen LogP contribution in [0.4, 0.5) is 10.1 Å². The average Bonchev–Trinajstić information content (AvgIpc) is 2.81. The molecule has 0 saturated carbocycles. The van der Waals surface area contributed by atoms with E-state index < -0.39 is 17.6 Å². The van der Waals surface area contributed by atoms with Crippen LogP contribution in [0.15, 0.2) is 36.4 Å². The van der Waals surface area contributed by atoms with Gasteiger partial charge in [0.15, 0.2) is 0 Å². The summed E-state index contributed by atoms with van der Waals surface area (Å²) in [6.45, 7) is 3.67. The number of aryl methyl sites for hydroxylation is 2. The summed E-state index contributed by atoms with van der Waals surface area (Å²) < 4.78 is 13.8. The molecule has 1 aliphatic heterocycles. The Balaban J connectivity index is 1.69. The number of rotatable bonds is 4. The molecule has 128 valence electrons. The minimum Gasteiger partial charge on any atom is -0.326 e. The Morgan fingerprint density at radius 1 is 1.04 bits per heavy atom. The number of para-hydroxylation sites is 1. The Labute approximate surface area is 144 Å². The van der Waals surface area contributed by atoms with Gasteiger partial charge in [-0.3, -0.25) is 19.3 Å². The van der Waals surface area contributed by atoms with Crippen LogP contribution in [-0.2, 0) is 4.79 Å². The molecule has 25 heavy (non-hydrogen) atoms. The highest BCUT2D eigenvalue weighted by molar-refractivity contribution is 6.21. The molecule has 0 saturated heterocycles. The number of imide groups is 1. The second kappa shape index (κ2) is 6.47. The molecule has 1 heterocycles. The van der Waals surface area contributed by atoms with Crippen molar-refractivity contribution < 1.29 is 18.8 Å². The van der Waals surface area contributed by atoms with Crippen molar-refractivity contribution in [3.05, 3.63) is 64.5 Å². The standard InChI is InChI=1S/C19H17FN2O3/c1-11-5-3-6-12(2)17(11)21-15(23)9-10-22-18(24)13-7-4-8-14(20)16(13)19(22)25/h3-8H,9-10H2,1-2H3,(H,21,23). The predicted octanol–water partition coefficient (Wildman–Crippen LogP) is 3.07. The third-order valence-corrected chi connectivity index (χ3v) is 4.26. The van der Waals surface area contributed by atoms with Crippen molar-refractivity contribution in [2.24, 2.45) is 0 Å². The predicted molar refractivity (Wildman–Crippen MR) is 90.9 cm³/mol. The molecule has 0 spiro atoms. The molecule has 0 bridgehead atoms. The van der Waals surface area contributed by atoms with E-state index in [4.69, 9.17) is 0 Å². The lowest BCUT2D eigenvalue weighted by Gasteiger charge is -2.15. The van der Waals surface area contributed by atoms with Crippen LogP contribution in [0, 0.1) is 19.7 Å². The number of fused-ring (bicyclic) bond motifs is 1. The Bertz CT molecular complexity index is 872. The molecule has 0 unspecified atom stereocenters. The zero-order valence-corrected chi connectivity index (χ0v) is 13.9. The fraction of sp³-hybridized carbons (Fsp3) is 0.211. The van der Waals surface area contributed by atoms with E-state index in [2.05, 4.69) is 5.32 Å². The van der Waals surface area contributed by atoms with Gasteiger partial charge in [0.05, 0.1) is 11.1 Å². The van der Waals surface area contributed by atoms with Gasteiger partial charge in [-0.1, -0.05) is 24.3 Å². The van der Waals surface area contributed by atoms with Crippen molar-refractivity contribution in [3.8, 4) is 0 Å². The number of amides is 3. The van der Waals surface area contributed by atoms with Gasteiger partial charge in [0.2, 0.25) is 5.91 Å². The number of halogens is 1. The maximum Gasteiger partial charge on any atom is 0.264 e. The van der Waals surface area contributed by atoms with Gasteiger partial charge in [-0.05, 0) is 37.1 Å². The van der Waals surface area contributed by atoms with Crippen LogP contribution in [-0.4, -0.2) is 29.2 Å². The molecule has 3 amide bonds. The summed E-state index contributed by atoms with van der Waals surface area (Å²) in [5, 5.41) is 2.80. The molecular weight excluding hydrogens is 323 g/mol.